The maximum Gasteiger partial charge on any atom is 0.416 e. The van der Waals surface area contributed by atoms with Crippen molar-refractivity contribution in [3.8, 4) is 0 Å². The number of unbranched alkanes of at least 4 members (excludes halogenated alkanes) is 6. The minimum Gasteiger partial charge on any atom is -0.330 e. The van der Waals surface area contributed by atoms with Crippen LogP contribution in [0.1, 0.15) is 95.2 Å². The predicted octanol–water partition coefficient (Wildman–Crippen LogP) is 8.54. The summed E-state index contributed by atoms with van der Waals surface area (Å²) in [6, 6.07) is 1.71. The van der Waals surface area contributed by atoms with Crippen molar-refractivity contribution in [2.24, 2.45) is 0 Å². The SMILES string of the molecule is CCCCCCCCCC(CCc1cc(C(F)(F)F)cc(C(F)(F)F)c1)OC(OCC)OCC. The number of alkyl halides is 6. The predicted molar refractivity (Wildman–Crippen MR) is 119 cm³/mol. The molecule has 1 aromatic carbocycles. The third-order valence-electron chi connectivity index (χ3n) is 5.44. The minimum absolute atomic E-state index is 0.0130. The van der Waals surface area contributed by atoms with Crippen LogP contribution in [0.5, 0.6) is 0 Å². The summed E-state index contributed by atoms with van der Waals surface area (Å²) in [5, 5.41) is 0. The second kappa shape index (κ2) is 15.6. The Morgan fingerprint density at radius 2 is 1.18 bits per heavy atom. The van der Waals surface area contributed by atoms with Crippen LogP contribution >= 0.6 is 0 Å². The normalized spacial score (nSPS) is 13.6. The minimum atomic E-state index is -4.86. The highest BCUT2D eigenvalue weighted by Gasteiger charge is 2.36. The molecular formula is C25H38F6O3. The van der Waals surface area contributed by atoms with Crippen LogP contribution in [0.4, 0.5) is 26.3 Å². The van der Waals surface area contributed by atoms with Gasteiger partial charge in [0, 0.05) is 13.2 Å². The maximum absolute atomic E-state index is 13.2. The molecule has 0 radical (unpaired) electrons. The molecule has 0 heterocycles. The first-order chi connectivity index (χ1) is 16.0. The lowest BCUT2D eigenvalue weighted by Gasteiger charge is -2.25. The number of benzene rings is 1. The molecule has 34 heavy (non-hydrogen) atoms. The highest BCUT2D eigenvalue weighted by Crippen LogP contribution is 2.36. The summed E-state index contributed by atoms with van der Waals surface area (Å²) < 4.78 is 95.8. The first kappa shape index (κ1) is 30.7. The van der Waals surface area contributed by atoms with Gasteiger partial charge in [0.05, 0.1) is 17.2 Å². The van der Waals surface area contributed by atoms with Crippen LogP contribution in [-0.4, -0.2) is 25.8 Å². The molecule has 0 fully saturated rings. The molecule has 3 nitrogen and oxygen atoms in total. The highest BCUT2D eigenvalue weighted by atomic mass is 19.4. The van der Waals surface area contributed by atoms with Gasteiger partial charge in [-0.3, -0.25) is 0 Å². The molecule has 0 aromatic heterocycles. The first-order valence-corrected chi connectivity index (χ1v) is 12.2. The zero-order valence-electron chi connectivity index (χ0n) is 20.4. The summed E-state index contributed by atoms with van der Waals surface area (Å²) in [6.45, 7) is 5.48. The van der Waals surface area contributed by atoms with Crippen LogP contribution in [0.3, 0.4) is 0 Å². The molecule has 0 spiro atoms. The van der Waals surface area contributed by atoms with E-state index in [0.717, 1.165) is 44.2 Å². The molecule has 0 saturated carbocycles. The Morgan fingerprint density at radius 3 is 1.65 bits per heavy atom. The number of ether oxygens (including phenoxy) is 3. The molecule has 1 rings (SSSR count). The second-order valence-corrected chi connectivity index (χ2v) is 8.32. The van der Waals surface area contributed by atoms with E-state index in [0.29, 0.717) is 19.6 Å². The summed E-state index contributed by atoms with van der Waals surface area (Å²) in [5.41, 5.74) is -2.63. The fourth-order valence-electron chi connectivity index (χ4n) is 3.66. The van der Waals surface area contributed by atoms with E-state index >= 15 is 0 Å². The van der Waals surface area contributed by atoms with Crippen molar-refractivity contribution < 1.29 is 40.6 Å². The fourth-order valence-corrected chi connectivity index (χ4v) is 3.66. The number of hydrogen-bond donors (Lipinski definition) is 0. The van der Waals surface area contributed by atoms with Gasteiger partial charge in [0.15, 0.2) is 0 Å². The standard InChI is InChI=1S/C25H38F6O3/c1-4-7-8-9-10-11-12-13-22(34-23(32-5-2)33-6-3)15-14-19-16-20(24(26,27)28)18-21(17-19)25(29,30)31/h16-18,22-23H,4-15H2,1-3H3. The maximum atomic E-state index is 13.2. The van der Waals surface area contributed by atoms with Gasteiger partial charge in [0.1, 0.15) is 0 Å². The molecule has 1 aromatic rings. The average molecular weight is 501 g/mol. The molecule has 0 saturated heterocycles. The largest absolute Gasteiger partial charge is 0.416 e. The zero-order chi connectivity index (χ0) is 25.6. The lowest BCUT2D eigenvalue weighted by Crippen LogP contribution is -2.28. The van der Waals surface area contributed by atoms with Gasteiger partial charge in [-0.05, 0) is 56.9 Å². The number of halogens is 6. The lowest BCUT2D eigenvalue weighted by atomic mass is 9.98. The Labute approximate surface area is 199 Å². The van der Waals surface area contributed by atoms with Gasteiger partial charge in [-0.1, -0.05) is 51.9 Å². The van der Waals surface area contributed by atoms with E-state index < -0.39 is 36.1 Å². The molecule has 198 valence electrons. The second-order valence-electron chi connectivity index (χ2n) is 8.32. The summed E-state index contributed by atoms with van der Waals surface area (Å²) in [5.74, 6) is 0. The first-order valence-electron chi connectivity index (χ1n) is 12.2. The van der Waals surface area contributed by atoms with Gasteiger partial charge in [-0.15, -0.1) is 0 Å². The van der Waals surface area contributed by atoms with E-state index in [2.05, 4.69) is 6.92 Å². The molecule has 0 aliphatic heterocycles. The summed E-state index contributed by atoms with van der Waals surface area (Å²) in [4.78, 5) is 0. The lowest BCUT2D eigenvalue weighted by molar-refractivity contribution is -0.302. The zero-order valence-corrected chi connectivity index (χ0v) is 20.4. The highest BCUT2D eigenvalue weighted by molar-refractivity contribution is 5.33. The van der Waals surface area contributed by atoms with Crippen molar-refractivity contribution in [3.63, 3.8) is 0 Å². The Balaban J connectivity index is 2.88. The number of hydrogen-bond acceptors (Lipinski definition) is 3. The Hall–Kier alpha value is -1.32. The third kappa shape index (κ3) is 12.4. The van der Waals surface area contributed by atoms with Gasteiger partial charge >= 0.3 is 12.4 Å². The Morgan fingerprint density at radius 1 is 0.676 bits per heavy atom. The number of rotatable bonds is 17. The summed E-state index contributed by atoms with van der Waals surface area (Å²) in [7, 11) is 0. The van der Waals surface area contributed by atoms with Gasteiger partial charge in [-0.25, -0.2) is 0 Å². The van der Waals surface area contributed by atoms with E-state index in [1.165, 1.54) is 12.8 Å². The van der Waals surface area contributed by atoms with Crippen molar-refractivity contribution in [1.82, 2.24) is 0 Å². The molecule has 0 aliphatic rings. The molecule has 0 N–H and O–H groups in total. The third-order valence-corrected chi connectivity index (χ3v) is 5.44. The van der Waals surface area contributed by atoms with Gasteiger partial charge in [-0.2, -0.15) is 26.3 Å². The number of aryl methyl sites for hydroxylation is 1. The monoisotopic (exact) mass is 500 g/mol. The van der Waals surface area contributed by atoms with E-state index in [-0.39, 0.29) is 24.5 Å². The molecule has 1 atom stereocenters. The van der Waals surface area contributed by atoms with Gasteiger partial charge in [0.2, 0.25) is 0 Å². The molecule has 0 bridgehead atoms. The van der Waals surface area contributed by atoms with Crippen LogP contribution in [0.2, 0.25) is 0 Å². The molecule has 9 heteroatoms. The molecule has 0 amide bonds. The molecular weight excluding hydrogens is 462 g/mol. The Bertz CT molecular complexity index is 637. The summed E-state index contributed by atoms with van der Waals surface area (Å²) >= 11 is 0. The van der Waals surface area contributed by atoms with Crippen molar-refractivity contribution in [3.05, 3.63) is 34.9 Å². The van der Waals surface area contributed by atoms with Crippen LogP contribution in [-0.2, 0) is 33.0 Å². The molecule has 0 aliphatic carbocycles. The summed E-state index contributed by atoms with van der Waals surface area (Å²) in [6.07, 6.45) is -1.65. The van der Waals surface area contributed by atoms with E-state index in [4.69, 9.17) is 14.2 Å². The van der Waals surface area contributed by atoms with Crippen molar-refractivity contribution >= 4 is 0 Å². The van der Waals surface area contributed by atoms with Crippen LogP contribution < -0.4 is 0 Å². The van der Waals surface area contributed by atoms with Crippen molar-refractivity contribution in [2.75, 3.05) is 13.2 Å². The van der Waals surface area contributed by atoms with Crippen LogP contribution in [0.25, 0.3) is 0 Å². The smallest absolute Gasteiger partial charge is 0.330 e. The van der Waals surface area contributed by atoms with E-state index in [1.807, 2.05) is 0 Å². The average Bonchev–Trinajstić information content (AvgIpc) is 2.75. The van der Waals surface area contributed by atoms with Crippen LogP contribution in [0, 0.1) is 0 Å². The van der Waals surface area contributed by atoms with Crippen molar-refractivity contribution in [1.29, 1.82) is 0 Å². The fraction of sp³-hybridized carbons (Fsp3) is 0.760. The van der Waals surface area contributed by atoms with E-state index in [1.54, 1.807) is 13.8 Å². The topological polar surface area (TPSA) is 27.7 Å². The quantitative estimate of drug-likeness (QED) is 0.122. The van der Waals surface area contributed by atoms with Crippen molar-refractivity contribution in [2.45, 2.75) is 110 Å². The Kier molecular flexibility index (Phi) is 14.1. The van der Waals surface area contributed by atoms with Gasteiger partial charge < -0.3 is 14.2 Å². The van der Waals surface area contributed by atoms with Gasteiger partial charge in [0.25, 0.3) is 6.48 Å². The van der Waals surface area contributed by atoms with Crippen LogP contribution in [0.15, 0.2) is 18.2 Å². The van der Waals surface area contributed by atoms with E-state index in [9.17, 15) is 26.3 Å². The molecule has 1 unspecified atom stereocenters.